The molecule has 0 saturated heterocycles. The van der Waals surface area contributed by atoms with Crippen LogP contribution in [0.15, 0.2) is 17.2 Å². The summed E-state index contributed by atoms with van der Waals surface area (Å²) in [6.45, 7) is 5.87. The molecule has 1 aromatic rings. The van der Waals surface area contributed by atoms with E-state index in [4.69, 9.17) is 46.4 Å². The maximum atomic E-state index is 6.02. The normalized spacial score (nSPS) is 12.8. The van der Waals surface area contributed by atoms with Gasteiger partial charge in [-0.1, -0.05) is 67.2 Å². The quantitative estimate of drug-likeness (QED) is 0.425. The van der Waals surface area contributed by atoms with Crippen LogP contribution in [0.4, 0.5) is 5.69 Å². The minimum absolute atomic E-state index is 0.225. The Morgan fingerprint density at radius 1 is 1.06 bits per heavy atom. The number of halogens is 4. The fourth-order valence-corrected chi connectivity index (χ4v) is 1.52. The van der Waals surface area contributed by atoms with Crippen LogP contribution in [0.1, 0.15) is 20.8 Å². The molecule has 0 aliphatic rings. The molecule has 2 nitrogen and oxygen atoms in total. The van der Waals surface area contributed by atoms with Gasteiger partial charge in [0.2, 0.25) is 0 Å². The fraction of sp³-hybridized carbons (Fsp3) is 0.364. The third-order valence-electron chi connectivity index (χ3n) is 1.90. The number of hydrogen-bond donors (Lipinski definition) is 1. The number of rotatable bonds is 2. The first kappa shape index (κ1) is 14.9. The maximum Gasteiger partial charge on any atom is 0.131 e. The van der Waals surface area contributed by atoms with Crippen molar-refractivity contribution in [2.45, 2.75) is 20.8 Å². The van der Waals surface area contributed by atoms with E-state index in [1.165, 1.54) is 0 Å². The van der Waals surface area contributed by atoms with E-state index < -0.39 is 0 Å². The second-order valence-corrected chi connectivity index (χ2v) is 6.09. The summed E-state index contributed by atoms with van der Waals surface area (Å²) in [6.07, 6.45) is 0. The van der Waals surface area contributed by atoms with E-state index >= 15 is 0 Å². The molecule has 0 fully saturated rings. The molecule has 0 unspecified atom stereocenters. The molecule has 0 radical (unpaired) electrons. The average Bonchev–Trinajstić information content (AvgIpc) is 2.19. The lowest BCUT2D eigenvalue weighted by Gasteiger charge is -2.16. The van der Waals surface area contributed by atoms with E-state index in [1.807, 2.05) is 20.8 Å². The van der Waals surface area contributed by atoms with Crippen LogP contribution in [0.3, 0.4) is 0 Å². The Bertz CT molecular complexity index is 450. The highest BCUT2D eigenvalue weighted by Crippen LogP contribution is 2.32. The first-order chi connectivity index (χ1) is 7.71. The first-order valence-corrected chi connectivity index (χ1v) is 6.37. The number of nitrogens with zero attached hydrogens (tertiary/aromatic N) is 1. The van der Waals surface area contributed by atoms with Crippen LogP contribution >= 0.6 is 46.4 Å². The Kier molecular flexibility index (Phi) is 4.96. The molecule has 6 heteroatoms. The van der Waals surface area contributed by atoms with Crippen LogP contribution in [0, 0.1) is 5.41 Å². The van der Waals surface area contributed by atoms with E-state index in [9.17, 15) is 0 Å². The molecule has 0 heterocycles. The molecule has 0 amide bonds. The summed E-state index contributed by atoms with van der Waals surface area (Å²) < 4.78 is 0. The summed E-state index contributed by atoms with van der Waals surface area (Å²) in [5.74, 6) is 0. The van der Waals surface area contributed by atoms with Crippen LogP contribution in [0.5, 0.6) is 0 Å². The summed E-state index contributed by atoms with van der Waals surface area (Å²) in [6, 6.07) is 3.15. The van der Waals surface area contributed by atoms with Crippen LogP contribution in [-0.2, 0) is 0 Å². The molecule has 17 heavy (non-hydrogen) atoms. The molecule has 1 rings (SSSR count). The van der Waals surface area contributed by atoms with Crippen molar-refractivity contribution in [2.24, 2.45) is 10.5 Å². The van der Waals surface area contributed by atoms with Crippen LogP contribution in [-0.4, -0.2) is 5.17 Å². The molecule has 0 atom stereocenters. The number of anilines is 1. The van der Waals surface area contributed by atoms with E-state index in [2.05, 4.69) is 10.5 Å². The van der Waals surface area contributed by atoms with Gasteiger partial charge in [0.15, 0.2) is 0 Å². The summed E-state index contributed by atoms with van der Waals surface area (Å²) >= 11 is 23.7. The first-order valence-electron chi connectivity index (χ1n) is 4.86. The van der Waals surface area contributed by atoms with Crippen molar-refractivity contribution in [3.8, 4) is 0 Å². The summed E-state index contributed by atoms with van der Waals surface area (Å²) in [5.41, 5.74) is 3.10. The molecular weight excluding hydrogens is 302 g/mol. The smallest absolute Gasteiger partial charge is 0.131 e. The number of hydrazone groups is 1. The standard InChI is InChI=1S/C11H12Cl4N2/c1-11(2,3)10(15)17-16-9-5-7(13)6(12)4-8(9)14/h4-5,16H,1-3H3. The SMILES string of the molecule is CC(C)(C)C(Cl)=NNc1cc(Cl)c(Cl)cc1Cl. The highest BCUT2D eigenvalue weighted by atomic mass is 35.5. The van der Waals surface area contributed by atoms with E-state index in [0.717, 1.165) is 0 Å². The van der Waals surface area contributed by atoms with Gasteiger partial charge < -0.3 is 0 Å². The van der Waals surface area contributed by atoms with Gasteiger partial charge in [-0.2, -0.15) is 5.10 Å². The van der Waals surface area contributed by atoms with Crippen molar-refractivity contribution in [2.75, 3.05) is 5.43 Å². The predicted octanol–water partition coefficient (Wildman–Crippen LogP) is 5.66. The predicted molar refractivity (Wildman–Crippen MR) is 77.8 cm³/mol. The van der Waals surface area contributed by atoms with Gasteiger partial charge in [-0.15, -0.1) is 0 Å². The number of benzene rings is 1. The summed E-state index contributed by atoms with van der Waals surface area (Å²) in [4.78, 5) is 0. The van der Waals surface area contributed by atoms with E-state index in [-0.39, 0.29) is 5.41 Å². The third kappa shape index (κ3) is 4.22. The largest absolute Gasteiger partial charge is 0.276 e. The Hall–Kier alpha value is -0.150. The van der Waals surface area contributed by atoms with Gasteiger partial charge in [-0.3, -0.25) is 5.43 Å². The van der Waals surface area contributed by atoms with Gasteiger partial charge in [0.1, 0.15) is 5.17 Å². The third-order valence-corrected chi connectivity index (χ3v) is 3.59. The molecule has 0 aliphatic heterocycles. The molecule has 1 N–H and O–H groups in total. The fourth-order valence-electron chi connectivity index (χ4n) is 0.885. The second-order valence-electron chi connectivity index (χ2n) is 4.51. The summed E-state index contributed by atoms with van der Waals surface area (Å²) in [5, 5.41) is 5.72. The van der Waals surface area contributed by atoms with Crippen molar-refractivity contribution < 1.29 is 0 Å². The lowest BCUT2D eigenvalue weighted by atomic mass is 9.99. The molecule has 0 aromatic heterocycles. The van der Waals surface area contributed by atoms with Gasteiger partial charge in [0, 0.05) is 5.41 Å². The van der Waals surface area contributed by atoms with Gasteiger partial charge in [0.05, 0.1) is 20.8 Å². The van der Waals surface area contributed by atoms with E-state index in [0.29, 0.717) is 25.9 Å². The van der Waals surface area contributed by atoms with Crippen molar-refractivity contribution in [3.63, 3.8) is 0 Å². The zero-order valence-corrected chi connectivity index (χ0v) is 12.6. The van der Waals surface area contributed by atoms with Crippen molar-refractivity contribution in [1.82, 2.24) is 0 Å². The Morgan fingerprint density at radius 3 is 2.12 bits per heavy atom. The maximum absolute atomic E-state index is 6.02. The lowest BCUT2D eigenvalue weighted by molar-refractivity contribution is 0.599. The Balaban J connectivity index is 2.94. The van der Waals surface area contributed by atoms with Crippen molar-refractivity contribution in [3.05, 3.63) is 27.2 Å². The average molecular weight is 314 g/mol. The molecule has 0 spiro atoms. The highest BCUT2D eigenvalue weighted by molar-refractivity contribution is 6.66. The minimum atomic E-state index is -0.225. The summed E-state index contributed by atoms with van der Waals surface area (Å²) in [7, 11) is 0. The molecule has 0 aliphatic carbocycles. The van der Waals surface area contributed by atoms with Gasteiger partial charge >= 0.3 is 0 Å². The van der Waals surface area contributed by atoms with Crippen LogP contribution in [0.25, 0.3) is 0 Å². The Labute approximate surface area is 121 Å². The van der Waals surface area contributed by atoms with Crippen molar-refractivity contribution in [1.29, 1.82) is 0 Å². The number of hydrogen-bond acceptors (Lipinski definition) is 2. The second kappa shape index (κ2) is 5.66. The van der Waals surface area contributed by atoms with E-state index in [1.54, 1.807) is 12.1 Å². The lowest BCUT2D eigenvalue weighted by Crippen LogP contribution is -2.15. The van der Waals surface area contributed by atoms with Crippen LogP contribution < -0.4 is 5.43 Å². The van der Waals surface area contributed by atoms with Crippen LogP contribution in [0.2, 0.25) is 15.1 Å². The molecule has 1 aromatic carbocycles. The Morgan fingerprint density at radius 2 is 1.59 bits per heavy atom. The molecule has 0 saturated carbocycles. The topological polar surface area (TPSA) is 24.4 Å². The van der Waals surface area contributed by atoms with Gasteiger partial charge in [-0.25, -0.2) is 0 Å². The zero-order valence-electron chi connectivity index (χ0n) is 9.61. The van der Waals surface area contributed by atoms with Gasteiger partial charge in [-0.05, 0) is 12.1 Å². The zero-order chi connectivity index (χ0) is 13.2. The molecule has 94 valence electrons. The monoisotopic (exact) mass is 312 g/mol. The van der Waals surface area contributed by atoms with Crippen molar-refractivity contribution >= 4 is 57.3 Å². The minimum Gasteiger partial charge on any atom is -0.276 e. The highest BCUT2D eigenvalue weighted by Gasteiger charge is 2.17. The molecule has 0 bridgehead atoms. The van der Waals surface area contributed by atoms with Gasteiger partial charge in [0.25, 0.3) is 0 Å². The molecular formula is C11H12Cl4N2. The number of nitrogens with one attached hydrogen (secondary N) is 1.